The minimum atomic E-state index is -0.599. The van der Waals surface area contributed by atoms with Gasteiger partial charge in [0.1, 0.15) is 6.04 Å². The zero-order chi connectivity index (χ0) is 24.5. The number of benzene rings is 3. The molecule has 2 amide bonds. The van der Waals surface area contributed by atoms with Gasteiger partial charge in [-0.05, 0) is 48.2 Å². The van der Waals surface area contributed by atoms with E-state index in [-0.39, 0.29) is 23.6 Å². The lowest BCUT2D eigenvalue weighted by molar-refractivity contribution is -0.139. The van der Waals surface area contributed by atoms with E-state index in [0.717, 1.165) is 41.7 Å². The molecule has 1 N–H and O–H groups in total. The largest absolute Gasteiger partial charge is 0.352 e. The summed E-state index contributed by atoms with van der Waals surface area (Å²) in [5.74, 6) is 0.128. The van der Waals surface area contributed by atoms with Crippen LogP contribution in [0.2, 0.25) is 5.02 Å². The number of hydrogen-bond acceptors (Lipinski definition) is 3. The first-order valence-corrected chi connectivity index (χ1v) is 13.5. The quantitative estimate of drug-likeness (QED) is 0.336. The number of halogens is 1. The molecule has 182 valence electrons. The summed E-state index contributed by atoms with van der Waals surface area (Å²) in [7, 11) is 0. The lowest BCUT2D eigenvalue weighted by atomic mass is 10.0. The first kappa shape index (κ1) is 25.3. The highest BCUT2D eigenvalue weighted by atomic mass is 35.5. The standard InChI is InChI=1S/C29H31ClN2O2S/c30-24-17-15-23(16-18-24)20-32(28(33)21-35-26-13-5-2-6-14-26)27(19-22-9-3-1-4-10-22)29(34)31-25-11-7-8-12-25/h1-6,9-10,13-18,25,27H,7-8,11-12,19-21H2,(H,31,34)/t27-/m0/s1. The molecule has 1 atom stereocenters. The van der Waals surface area contributed by atoms with Crippen LogP contribution in [0.4, 0.5) is 0 Å². The number of hydrogen-bond donors (Lipinski definition) is 1. The number of carbonyl (C=O) groups excluding carboxylic acids is 2. The Balaban J connectivity index is 1.60. The van der Waals surface area contributed by atoms with Crippen molar-refractivity contribution in [3.63, 3.8) is 0 Å². The molecular formula is C29H31ClN2O2S. The van der Waals surface area contributed by atoms with E-state index in [2.05, 4.69) is 5.32 Å². The lowest BCUT2D eigenvalue weighted by Gasteiger charge is -2.32. The molecule has 0 heterocycles. The predicted octanol–water partition coefficient (Wildman–Crippen LogP) is 6.13. The molecule has 0 saturated heterocycles. The smallest absolute Gasteiger partial charge is 0.243 e. The minimum absolute atomic E-state index is 0.0590. The van der Waals surface area contributed by atoms with Crippen LogP contribution in [0.1, 0.15) is 36.8 Å². The average Bonchev–Trinajstić information content (AvgIpc) is 3.40. The van der Waals surface area contributed by atoms with Gasteiger partial charge in [-0.25, -0.2) is 0 Å². The highest BCUT2D eigenvalue weighted by molar-refractivity contribution is 8.00. The first-order chi connectivity index (χ1) is 17.1. The van der Waals surface area contributed by atoms with Crippen LogP contribution in [-0.2, 0) is 22.6 Å². The monoisotopic (exact) mass is 506 g/mol. The zero-order valence-corrected chi connectivity index (χ0v) is 21.3. The summed E-state index contributed by atoms with van der Waals surface area (Å²) in [5.41, 5.74) is 1.97. The van der Waals surface area contributed by atoms with Gasteiger partial charge in [-0.1, -0.05) is 85.1 Å². The molecule has 6 heteroatoms. The van der Waals surface area contributed by atoms with Crippen molar-refractivity contribution < 1.29 is 9.59 Å². The van der Waals surface area contributed by atoms with Crippen molar-refractivity contribution in [2.75, 3.05) is 5.75 Å². The Hall–Kier alpha value is -2.76. The van der Waals surface area contributed by atoms with Gasteiger partial charge < -0.3 is 10.2 Å². The van der Waals surface area contributed by atoms with E-state index >= 15 is 0 Å². The Labute approximate surface area is 217 Å². The van der Waals surface area contributed by atoms with Crippen LogP contribution < -0.4 is 5.32 Å². The number of nitrogens with zero attached hydrogens (tertiary/aromatic N) is 1. The van der Waals surface area contributed by atoms with Gasteiger partial charge in [0.05, 0.1) is 5.75 Å². The average molecular weight is 507 g/mol. The Kier molecular flexibility index (Phi) is 9.27. The van der Waals surface area contributed by atoms with Crippen molar-refractivity contribution in [1.29, 1.82) is 0 Å². The summed E-state index contributed by atoms with van der Waals surface area (Å²) in [6.07, 6.45) is 4.73. The fourth-order valence-corrected chi connectivity index (χ4v) is 5.38. The van der Waals surface area contributed by atoms with Gasteiger partial charge in [-0.15, -0.1) is 11.8 Å². The second-order valence-corrected chi connectivity index (χ2v) is 10.4. The third kappa shape index (κ3) is 7.61. The number of thioether (sulfide) groups is 1. The Morgan fingerprint density at radius 1 is 0.886 bits per heavy atom. The third-order valence-electron chi connectivity index (χ3n) is 6.34. The van der Waals surface area contributed by atoms with Crippen LogP contribution in [0.3, 0.4) is 0 Å². The van der Waals surface area contributed by atoms with Crippen LogP contribution >= 0.6 is 23.4 Å². The van der Waals surface area contributed by atoms with Crippen molar-refractivity contribution in [2.24, 2.45) is 0 Å². The van der Waals surface area contributed by atoms with E-state index in [1.165, 1.54) is 11.8 Å². The van der Waals surface area contributed by atoms with Gasteiger partial charge in [-0.2, -0.15) is 0 Å². The van der Waals surface area contributed by atoms with Gasteiger partial charge in [0.15, 0.2) is 0 Å². The molecule has 35 heavy (non-hydrogen) atoms. The van der Waals surface area contributed by atoms with Gasteiger partial charge in [0.25, 0.3) is 0 Å². The van der Waals surface area contributed by atoms with Gasteiger partial charge in [0.2, 0.25) is 11.8 Å². The summed E-state index contributed by atoms with van der Waals surface area (Å²) < 4.78 is 0. The molecule has 4 nitrogen and oxygen atoms in total. The summed E-state index contributed by atoms with van der Waals surface area (Å²) in [5, 5.41) is 3.89. The molecule has 3 aromatic rings. The summed E-state index contributed by atoms with van der Waals surface area (Å²) in [6.45, 7) is 0.348. The van der Waals surface area contributed by atoms with Crippen molar-refractivity contribution in [2.45, 2.75) is 55.6 Å². The number of rotatable bonds is 10. The van der Waals surface area contributed by atoms with Crippen molar-refractivity contribution >= 4 is 35.2 Å². The molecule has 4 rings (SSSR count). The van der Waals surface area contributed by atoms with Crippen molar-refractivity contribution in [3.8, 4) is 0 Å². The molecule has 0 aromatic heterocycles. The van der Waals surface area contributed by atoms with Crippen molar-refractivity contribution in [1.82, 2.24) is 10.2 Å². The molecule has 1 aliphatic carbocycles. The van der Waals surface area contributed by atoms with E-state index in [0.29, 0.717) is 18.0 Å². The molecule has 0 unspecified atom stereocenters. The summed E-state index contributed by atoms with van der Waals surface area (Å²) in [6, 6.07) is 26.9. The maximum absolute atomic E-state index is 13.7. The molecular weight excluding hydrogens is 476 g/mol. The van der Waals surface area contributed by atoms with E-state index in [9.17, 15) is 9.59 Å². The van der Waals surface area contributed by atoms with E-state index in [4.69, 9.17) is 11.6 Å². The summed E-state index contributed by atoms with van der Waals surface area (Å²) >= 11 is 7.59. The Morgan fingerprint density at radius 2 is 1.51 bits per heavy atom. The highest BCUT2D eigenvalue weighted by Gasteiger charge is 2.32. The number of carbonyl (C=O) groups is 2. The van der Waals surface area contributed by atoms with Gasteiger partial charge in [-0.3, -0.25) is 9.59 Å². The van der Waals surface area contributed by atoms with Crippen LogP contribution in [0.5, 0.6) is 0 Å². The van der Waals surface area contributed by atoms with Crippen molar-refractivity contribution in [3.05, 3.63) is 101 Å². The van der Waals surface area contributed by atoms with Crippen LogP contribution in [0.25, 0.3) is 0 Å². The first-order valence-electron chi connectivity index (χ1n) is 12.1. The highest BCUT2D eigenvalue weighted by Crippen LogP contribution is 2.23. The minimum Gasteiger partial charge on any atom is -0.352 e. The topological polar surface area (TPSA) is 49.4 Å². The Morgan fingerprint density at radius 3 is 2.17 bits per heavy atom. The van der Waals surface area contributed by atoms with Crippen LogP contribution in [-0.4, -0.2) is 34.6 Å². The van der Waals surface area contributed by atoms with E-state index in [1.54, 1.807) is 4.90 Å². The molecule has 0 bridgehead atoms. The normalized spacial score (nSPS) is 14.4. The lowest BCUT2D eigenvalue weighted by Crippen LogP contribution is -2.52. The maximum atomic E-state index is 13.7. The third-order valence-corrected chi connectivity index (χ3v) is 7.59. The zero-order valence-electron chi connectivity index (χ0n) is 19.7. The maximum Gasteiger partial charge on any atom is 0.243 e. The molecule has 0 radical (unpaired) electrons. The van der Waals surface area contributed by atoms with Gasteiger partial charge >= 0.3 is 0 Å². The Bertz CT molecular complexity index is 1090. The molecule has 0 aliphatic heterocycles. The molecule has 1 fully saturated rings. The fourth-order valence-electron chi connectivity index (χ4n) is 4.45. The van der Waals surface area contributed by atoms with Gasteiger partial charge in [0, 0.05) is 28.9 Å². The number of nitrogens with one attached hydrogen (secondary N) is 1. The summed E-state index contributed by atoms with van der Waals surface area (Å²) in [4.78, 5) is 30.1. The molecule has 1 aliphatic rings. The van der Waals surface area contributed by atoms with E-state index < -0.39 is 6.04 Å². The van der Waals surface area contributed by atoms with Crippen LogP contribution in [0, 0.1) is 0 Å². The second-order valence-electron chi connectivity index (χ2n) is 8.95. The SMILES string of the molecule is O=C(NC1CCCC1)[C@H](Cc1ccccc1)N(Cc1ccc(Cl)cc1)C(=O)CSc1ccccc1. The number of amides is 2. The molecule has 3 aromatic carbocycles. The molecule has 1 saturated carbocycles. The predicted molar refractivity (Wildman–Crippen MR) is 144 cm³/mol. The second kappa shape index (κ2) is 12.8. The van der Waals surface area contributed by atoms with Crippen LogP contribution in [0.15, 0.2) is 89.8 Å². The van der Waals surface area contributed by atoms with E-state index in [1.807, 2.05) is 84.9 Å². The molecule has 0 spiro atoms. The fraction of sp³-hybridized carbons (Fsp3) is 0.310.